The van der Waals surface area contributed by atoms with Crippen LogP contribution in [-0.2, 0) is 9.59 Å². The summed E-state index contributed by atoms with van der Waals surface area (Å²) in [7, 11) is 0. The van der Waals surface area contributed by atoms with Crippen molar-refractivity contribution >= 4 is 27.8 Å². The number of benzene rings is 1. The quantitative estimate of drug-likeness (QED) is 0.921. The molecule has 0 aliphatic carbocycles. The van der Waals surface area contributed by atoms with Crippen molar-refractivity contribution in [1.82, 2.24) is 4.90 Å². The van der Waals surface area contributed by atoms with E-state index in [0.717, 1.165) is 16.5 Å². The molecule has 0 spiro atoms. The van der Waals surface area contributed by atoms with E-state index in [4.69, 9.17) is 5.11 Å². The Morgan fingerprint density at radius 1 is 1.35 bits per heavy atom. The standard InChI is InChI=1S/C15H18BrNO3/c1-10(11-4-6-13(16)7-5-11)14(18)17-8-2-3-12(9-17)15(19)20/h4-7,10,12H,2-3,8-9H2,1H3,(H,19,20). The fourth-order valence-corrected chi connectivity index (χ4v) is 2.81. The first-order valence-electron chi connectivity index (χ1n) is 6.76. The van der Waals surface area contributed by atoms with Crippen molar-refractivity contribution in [2.45, 2.75) is 25.7 Å². The Balaban J connectivity index is 2.06. The van der Waals surface area contributed by atoms with Crippen molar-refractivity contribution in [1.29, 1.82) is 0 Å². The summed E-state index contributed by atoms with van der Waals surface area (Å²) < 4.78 is 0.977. The summed E-state index contributed by atoms with van der Waals surface area (Å²) in [5.41, 5.74) is 0.954. The van der Waals surface area contributed by atoms with E-state index in [-0.39, 0.29) is 11.8 Å². The highest BCUT2D eigenvalue weighted by atomic mass is 79.9. The maximum Gasteiger partial charge on any atom is 0.308 e. The van der Waals surface area contributed by atoms with Crippen LogP contribution >= 0.6 is 15.9 Å². The molecular formula is C15H18BrNO3. The maximum absolute atomic E-state index is 12.5. The van der Waals surface area contributed by atoms with E-state index in [1.54, 1.807) is 4.90 Å². The summed E-state index contributed by atoms with van der Waals surface area (Å²) in [6.45, 7) is 2.86. The molecule has 4 nitrogen and oxygen atoms in total. The number of carbonyl (C=O) groups is 2. The number of rotatable bonds is 3. The summed E-state index contributed by atoms with van der Waals surface area (Å²) in [4.78, 5) is 25.2. The molecule has 5 heteroatoms. The van der Waals surface area contributed by atoms with E-state index >= 15 is 0 Å². The van der Waals surface area contributed by atoms with Crippen LogP contribution in [0.5, 0.6) is 0 Å². The van der Waals surface area contributed by atoms with Crippen molar-refractivity contribution in [3.05, 3.63) is 34.3 Å². The van der Waals surface area contributed by atoms with Crippen molar-refractivity contribution < 1.29 is 14.7 Å². The van der Waals surface area contributed by atoms with Gasteiger partial charge in [0, 0.05) is 17.6 Å². The zero-order valence-corrected chi connectivity index (χ0v) is 13.0. The third-order valence-corrected chi connectivity index (χ3v) is 4.35. The van der Waals surface area contributed by atoms with Crippen molar-refractivity contribution in [3.8, 4) is 0 Å². The second-order valence-corrected chi connectivity index (χ2v) is 6.15. The topological polar surface area (TPSA) is 57.6 Å². The van der Waals surface area contributed by atoms with Crippen LogP contribution in [-0.4, -0.2) is 35.0 Å². The third-order valence-electron chi connectivity index (χ3n) is 3.82. The number of carboxylic acid groups (broad SMARTS) is 1. The van der Waals surface area contributed by atoms with Gasteiger partial charge in [-0.25, -0.2) is 0 Å². The van der Waals surface area contributed by atoms with E-state index in [2.05, 4.69) is 15.9 Å². The lowest BCUT2D eigenvalue weighted by Gasteiger charge is -2.32. The zero-order valence-electron chi connectivity index (χ0n) is 11.4. The summed E-state index contributed by atoms with van der Waals surface area (Å²) >= 11 is 3.37. The molecule has 108 valence electrons. The molecule has 1 aromatic carbocycles. The average Bonchev–Trinajstić information content (AvgIpc) is 2.46. The molecule has 2 rings (SSSR count). The largest absolute Gasteiger partial charge is 0.481 e. The van der Waals surface area contributed by atoms with Crippen LogP contribution in [0, 0.1) is 5.92 Å². The van der Waals surface area contributed by atoms with E-state index in [1.165, 1.54) is 0 Å². The molecule has 20 heavy (non-hydrogen) atoms. The van der Waals surface area contributed by atoms with Crippen molar-refractivity contribution in [3.63, 3.8) is 0 Å². The fraction of sp³-hybridized carbons (Fsp3) is 0.467. The van der Waals surface area contributed by atoms with Crippen LogP contribution in [0.3, 0.4) is 0 Å². The molecule has 2 atom stereocenters. The normalized spacial score (nSPS) is 20.5. The smallest absolute Gasteiger partial charge is 0.308 e. The van der Waals surface area contributed by atoms with Gasteiger partial charge in [-0.2, -0.15) is 0 Å². The predicted octanol–water partition coefficient (Wildman–Crippen LogP) is 2.88. The molecule has 1 aliphatic heterocycles. The Kier molecular flexibility index (Phi) is 4.81. The zero-order chi connectivity index (χ0) is 14.7. The average molecular weight is 340 g/mol. The monoisotopic (exact) mass is 339 g/mol. The first-order valence-corrected chi connectivity index (χ1v) is 7.55. The number of amides is 1. The van der Waals surface area contributed by atoms with Gasteiger partial charge in [0.15, 0.2) is 0 Å². The summed E-state index contributed by atoms with van der Waals surface area (Å²) in [6.07, 6.45) is 1.42. The number of nitrogens with zero attached hydrogens (tertiary/aromatic N) is 1. The minimum Gasteiger partial charge on any atom is -0.481 e. The molecule has 0 aromatic heterocycles. The van der Waals surface area contributed by atoms with Gasteiger partial charge in [-0.15, -0.1) is 0 Å². The molecule has 1 saturated heterocycles. The van der Waals surface area contributed by atoms with E-state index < -0.39 is 11.9 Å². The van der Waals surface area contributed by atoms with Gasteiger partial charge in [0.25, 0.3) is 0 Å². The molecule has 1 aromatic rings. The first-order chi connectivity index (χ1) is 9.49. The minimum absolute atomic E-state index is 0.0123. The Labute approximate surface area is 126 Å². The first kappa shape index (κ1) is 15.0. The molecule has 0 bridgehead atoms. The van der Waals surface area contributed by atoms with Gasteiger partial charge >= 0.3 is 5.97 Å². The van der Waals surface area contributed by atoms with Crippen molar-refractivity contribution in [2.75, 3.05) is 13.1 Å². The highest BCUT2D eigenvalue weighted by Crippen LogP contribution is 2.24. The molecule has 1 fully saturated rings. The Morgan fingerprint density at radius 2 is 2.00 bits per heavy atom. The highest BCUT2D eigenvalue weighted by molar-refractivity contribution is 9.10. The second-order valence-electron chi connectivity index (χ2n) is 5.23. The number of carbonyl (C=O) groups excluding carboxylic acids is 1. The Morgan fingerprint density at radius 3 is 2.60 bits per heavy atom. The van der Waals surface area contributed by atoms with Crippen LogP contribution in [0.1, 0.15) is 31.2 Å². The van der Waals surface area contributed by atoms with Gasteiger partial charge in [0.2, 0.25) is 5.91 Å². The Bertz CT molecular complexity index is 500. The van der Waals surface area contributed by atoms with E-state index in [9.17, 15) is 9.59 Å². The lowest BCUT2D eigenvalue weighted by molar-refractivity contribution is -0.146. The molecular weight excluding hydrogens is 322 g/mol. The van der Waals surface area contributed by atoms with Gasteiger partial charge < -0.3 is 10.0 Å². The van der Waals surface area contributed by atoms with Gasteiger partial charge in [-0.1, -0.05) is 28.1 Å². The summed E-state index contributed by atoms with van der Waals surface area (Å²) in [6, 6.07) is 7.67. The lowest BCUT2D eigenvalue weighted by atomic mass is 9.94. The highest BCUT2D eigenvalue weighted by Gasteiger charge is 2.30. The van der Waals surface area contributed by atoms with Gasteiger partial charge in [0.05, 0.1) is 11.8 Å². The van der Waals surface area contributed by atoms with Crippen LogP contribution in [0.2, 0.25) is 0 Å². The number of likely N-dealkylation sites (tertiary alicyclic amines) is 1. The van der Waals surface area contributed by atoms with Gasteiger partial charge in [-0.3, -0.25) is 9.59 Å². The molecule has 1 N–H and O–H groups in total. The number of hydrogen-bond acceptors (Lipinski definition) is 2. The van der Waals surface area contributed by atoms with Gasteiger partial charge in [-0.05, 0) is 37.5 Å². The maximum atomic E-state index is 12.5. The summed E-state index contributed by atoms with van der Waals surface area (Å²) in [5.74, 6) is -1.46. The minimum atomic E-state index is -0.807. The van der Waals surface area contributed by atoms with Crippen LogP contribution < -0.4 is 0 Å². The molecule has 0 radical (unpaired) electrons. The van der Waals surface area contributed by atoms with Crippen molar-refractivity contribution in [2.24, 2.45) is 5.92 Å². The van der Waals surface area contributed by atoms with Crippen LogP contribution in [0.15, 0.2) is 28.7 Å². The molecule has 1 heterocycles. The third kappa shape index (κ3) is 3.39. The van der Waals surface area contributed by atoms with E-state index in [0.29, 0.717) is 19.5 Å². The van der Waals surface area contributed by atoms with E-state index in [1.807, 2.05) is 31.2 Å². The molecule has 0 saturated carbocycles. The molecule has 2 unspecified atom stereocenters. The Hall–Kier alpha value is -1.36. The molecule has 1 amide bonds. The number of carboxylic acids is 1. The molecule has 1 aliphatic rings. The second kappa shape index (κ2) is 6.39. The number of aliphatic carboxylic acids is 1. The summed E-state index contributed by atoms with van der Waals surface area (Å²) in [5, 5.41) is 9.08. The SMILES string of the molecule is CC(C(=O)N1CCCC(C(=O)O)C1)c1ccc(Br)cc1. The number of hydrogen-bond donors (Lipinski definition) is 1. The fourth-order valence-electron chi connectivity index (χ4n) is 2.55. The lowest BCUT2D eigenvalue weighted by Crippen LogP contribution is -2.43. The van der Waals surface area contributed by atoms with Crippen LogP contribution in [0.4, 0.5) is 0 Å². The number of piperidine rings is 1. The number of halogens is 1. The van der Waals surface area contributed by atoms with Crippen LogP contribution in [0.25, 0.3) is 0 Å². The van der Waals surface area contributed by atoms with Gasteiger partial charge in [0.1, 0.15) is 0 Å². The predicted molar refractivity (Wildman–Crippen MR) is 79.5 cm³/mol.